The van der Waals surface area contributed by atoms with Gasteiger partial charge < -0.3 is 10.1 Å². The van der Waals surface area contributed by atoms with Crippen molar-refractivity contribution in [1.29, 1.82) is 0 Å². The first-order valence-electron chi connectivity index (χ1n) is 6.78. The molecule has 0 amide bonds. The fraction of sp³-hybridized carbons (Fsp3) is 0.333. The molecule has 0 atom stereocenters. The molecule has 1 aromatic carbocycles. The number of anilines is 1. The second kappa shape index (κ2) is 7.33. The summed E-state index contributed by atoms with van der Waals surface area (Å²) in [6, 6.07) is 6.10. The van der Waals surface area contributed by atoms with Gasteiger partial charge in [0, 0.05) is 29.8 Å². The van der Waals surface area contributed by atoms with Crippen molar-refractivity contribution < 1.29 is 9.13 Å². The summed E-state index contributed by atoms with van der Waals surface area (Å²) in [6.07, 6.45) is 0. The van der Waals surface area contributed by atoms with Crippen molar-refractivity contribution in [3.8, 4) is 11.3 Å². The van der Waals surface area contributed by atoms with E-state index in [0.29, 0.717) is 41.1 Å². The molecule has 4 nitrogen and oxygen atoms in total. The summed E-state index contributed by atoms with van der Waals surface area (Å²) in [5.74, 6) is 0.829. The average Bonchev–Trinajstić information content (AvgIpc) is 2.44. The topological polar surface area (TPSA) is 47.0 Å². The summed E-state index contributed by atoms with van der Waals surface area (Å²) in [7, 11) is 0. The fourth-order valence-electron chi connectivity index (χ4n) is 1.88. The van der Waals surface area contributed by atoms with Crippen molar-refractivity contribution in [2.24, 2.45) is 0 Å². The van der Waals surface area contributed by atoms with Gasteiger partial charge in [-0.25, -0.2) is 14.4 Å². The molecule has 0 spiro atoms. The highest BCUT2D eigenvalue weighted by Crippen LogP contribution is 2.24. The first-order valence-corrected chi connectivity index (χ1v) is 7.16. The number of nitrogens with one attached hydrogen (secondary N) is 1. The van der Waals surface area contributed by atoms with E-state index < -0.39 is 5.82 Å². The van der Waals surface area contributed by atoms with Crippen LogP contribution >= 0.6 is 11.6 Å². The summed E-state index contributed by atoms with van der Waals surface area (Å²) in [5.41, 5.74) is 1.22. The Morgan fingerprint density at radius 3 is 2.67 bits per heavy atom. The Hall–Kier alpha value is -1.72. The Kier molecular flexibility index (Phi) is 5.47. The van der Waals surface area contributed by atoms with Crippen LogP contribution in [0, 0.1) is 5.82 Å². The number of aromatic nitrogens is 2. The van der Waals surface area contributed by atoms with E-state index in [1.54, 1.807) is 12.1 Å². The van der Waals surface area contributed by atoms with Crippen molar-refractivity contribution in [3.05, 3.63) is 40.9 Å². The van der Waals surface area contributed by atoms with E-state index in [-0.39, 0.29) is 0 Å². The SMILES string of the molecule is CCNc1cc(-c2cc(F)cc(Cl)c2)nc(COCC)n1. The highest BCUT2D eigenvalue weighted by atomic mass is 35.5. The fourth-order valence-corrected chi connectivity index (χ4v) is 2.10. The van der Waals surface area contributed by atoms with Gasteiger partial charge in [-0.15, -0.1) is 0 Å². The van der Waals surface area contributed by atoms with Gasteiger partial charge in [0.2, 0.25) is 0 Å². The summed E-state index contributed by atoms with van der Waals surface area (Å²) in [4.78, 5) is 8.76. The van der Waals surface area contributed by atoms with Crippen LogP contribution in [0.2, 0.25) is 5.02 Å². The highest BCUT2D eigenvalue weighted by Gasteiger charge is 2.09. The summed E-state index contributed by atoms with van der Waals surface area (Å²) >= 11 is 5.90. The second-order valence-corrected chi connectivity index (χ2v) is 4.82. The van der Waals surface area contributed by atoms with E-state index >= 15 is 0 Å². The number of benzene rings is 1. The molecule has 2 aromatic rings. The van der Waals surface area contributed by atoms with E-state index in [4.69, 9.17) is 16.3 Å². The predicted molar refractivity (Wildman–Crippen MR) is 81.9 cm³/mol. The predicted octanol–water partition coefficient (Wildman–Crippen LogP) is 3.90. The van der Waals surface area contributed by atoms with Gasteiger partial charge in [-0.1, -0.05) is 11.6 Å². The number of nitrogens with zero attached hydrogens (tertiary/aromatic N) is 2. The molecule has 1 aromatic heterocycles. The summed E-state index contributed by atoms with van der Waals surface area (Å²) < 4.78 is 18.8. The van der Waals surface area contributed by atoms with Crippen LogP contribution in [0.3, 0.4) is 0 Å². The molecule has 1 N–H and O–H groups in total. The lowest BCUT2D eigenvalue weighted by Crippen LogP contribution is -2.06. The minimum atomic E-state index is -0.396. The van der Waals surface area contributed by atoms with Crippen LogP contribution in [0.1, 0.15) is 19.7 Å². The summed E-state index contributed by atoms with van der Waals surface area (Å²) in [5, 5.41) is 3.46. The molecule has 2 rings (SSSR count). The van der Waals surface area contributed by atoms with Gasteiger partial charge in [0.05, 0.1) is 5.69 Å². The molecule has 0 aliphatic carbocycles. The largest absolute Gasteiger partial charge is 0.374 e. The third-order valence-electron chi connectivity index (χ3n) is 2.72. The molecule has 0 fully saturated rings. The van der Waals surface area contributed by atoms with Crippen LogP contribution in [0.25, 0.3) is 11.3 Å². The smallest absolute Gasteiger partial charge is 0.157 e. The molecule has 21 heavy (non-hydrogen) atoms. The molecule has 1 heterocycles. The van der Waals surface area contributed by atoms with Crippen molar-refractivity contribution >= 4 is 17.4 Å². The van der Waals surface area contributed by atoms with Crippen molar-refractivity contribution in [2.45, 2.75) is 20.5 Å². The van der Waals surface area contributed by atoms with Gasteiger partial charge in [-0.2, -0.15) is 0 Å². The number of hydrogen-bond donors (Lipinski definition) is 1. The minimum Gasteiger partial charge on any atom is -0.374 e. The zero-order valence-electron chi connectivity index (χ0n) is 12.0. The number of rotatable bonds is 6. The Balaban J connectivity index is 2.42. The van der Waals surface area contributed by atoms with Gasteiger partial charge >= 0.3 is 0 Å². The Morgan fingerprint density at radius 1 is 1.19 bits per heavy atom. The number of hydrogen-bond acceptors (Lipinski definition) is 4. The lowest BCUT2D eigenvalue weighted by Gasteiger charge is -2.09. The first kappa shape index (κ1) is 15.7. The normalized spacial score (nSPS) is 10.7. The molecular weight excluding hydrogens is 293 g/mol. The number of ether oxygens (including phenoxy) is 1. The van der Waals surface area contributed by atoms with Crippen molar-refractivity contribution in [3.63, 3.8) is 0 Å². The molecular formula is C15H17ClFN3O. The zero-order chi connectivity index (χ0) is 15.2. The van der Waals surface area contributed by atoms with E-state index in [1.807, 2.05) is 13.8 Å². The van der Waals surface area contributed by atoms with Crippen LogP contribution in [0.4, 0.5) is 10.2 Å². The maximum atomic E-state index is 13.5. The molecule has 0 saturated heterocycles. The average molecular weight is 310 g/mol. The third-order valence-corrected chi connectivity index (χ3v) is 2.94. The van der Waals surface area contributed by atoms with Crippen molar-refractivity contribution in [2.75, 3.05) is 18.5 Å². The molecule has 0 unspecified atom stereocenters. The standard InChI is InChI=1S/C15H17ClFN3O/c1-3-18-14-8-13(19-15(20-14)9-21-4-2)10-5-11(16)7-12(17)6-10/h5-8H,3-4,9H2,1-2H3,(H,18,19,20). The van der Waals surface area contributed by atoms with Gasteiger partial charge in [0.25, 0.3) is 0 Å². The molecule has 0 aliphatic rings. The monoisotopic (exact) mass is 309 g/mol. The summed E-state index contributed by atoms with van der Waals surface area (Å²) in [6.45, 7) is 5.50. The maximum Gasteiger partial charge on any atom is 0.157 e. The molecule has 0 saturated carbocycles. The molecule has 112 valence electrons. The first-order chi connectivity index (χ1) is 10.1. The molecule has 0 aliphatic heterocycles. The van der Waals surface area contributed by atoms with Gasteiger partial charge in [-0.3, -0.25) is 0 Å². The zero-order valence-corrected chi connectivity index (χ0v) is 12.7. The Labute approximate surface area is 128 Å². The number of halogens is 2. The Bertz CT molecular complexity index is 602. The third kappa shape index (κ3) is 4.37. The van der Waals surface area contributed by atoms with E-state index in [2.05, 4.69) is 15.3 Å². The van der Waals surface area contributed by atoms with Crippen LogP contribution < -0.4 is 5.32 Å². The molecule has 6 heteroatoms. The second-order valence-electron chi connectivity index (χ2n) is 4.38. The Morgan fingerprint density at radius 2 is 2.00 bits per heavy atom. The highest BCUT2D eigenvalue weighted by molar-refractivity contribution is 6.30. The molecule has 0 radical (unpaired) electrons. The van der Waals surface area contributed by atoms with Crippen molar-refractivity contribution in [1.82, 2.24) is 9.97 Å². The van der Waals surface area contributed by atoms with Crippen LogP contribution in [0.5, 0.6) is 0 Å². The maximum absolute atomic E-state index is 13.5. The lowest BCUT2D eigenvalue weighted by molar-refractivity contribution is 0.128. The van der Waals surface area contributed by atoms with Gasteiger partial charge in [-0.05, 0) is 32.0 Å². The van der Waals surface area contributed by atoms with Crippen LogP contribution in [0.15, 0.2) is 24.3 Å². The van der Waals surface area contributed by atoms with Gasteiger partial charge in [0.15, 0.2) is 5.82 Å². The van der Waals surface area contributed by atoms with E-state index in [9.17, 15) is 4.39 Å². The van der Waals surface area contributed by atoms with Gasteiger partial charge in [0.1, 0.15) is 18.2 Å². The van der Waals surface area contributed by atoms with Crippen LogP contribution in [-0.2, 0) is 11.3 Å². The lowest BCUT2D eigenvalue weighted by atomic mass is 10.1. The van der Waals surface area contributed by atoms with E-state index in [1.165, 1.54) is 12.1 Å². The quantitative estimate of drug-likeness (QED) is 0.879. The molecule has 0 bridgehead atoms. The minimum absolute atomic E-state index is 0.311. The van der Waals surface area contributed by atoms with E-state index in [0.717, 1.165) is 6.54 Å². The van der Waals surface area contributed by atoms with Crippen LogP contribution in [-0.4, -0.2) is 23.1 Å².